The van der Waals surface area contributed by atoms with E-state index in [1.165, 1.54) is 62.5 Å². The van der Waals surface area contributed by atoms with Gasteiger partial charge in [-0.3, -0.25) is 0 Å². The van der Waals surface area contributed by atoms with Gasteiger partial charge in [0.1, 0.15) is 0 Å². The SMILES string of the molecule is Cl.c1ccc(SCCN2CCC(NCC3CC3)CC2)cc1. The monoisotopic (exact) mass is 326 g/mol. The summed E-state index contributed by atoms with van der Waals surface area (Å²) in [4.78, 5) is 4.03. The molecule has 1 aromatic carbocycles. The summed E-state index contributed by atoms with van der Waals surface area (Å²) >= 11 is 1.98. The highest BCUT2D eigenvalue weighted by molar-refractivity contribution is 7.99. The first-order valence-corrected chi connectivity index (χ1v) is 9.02. The van der Waals surface area contributed by atoms with Crippen LogP contribution in [-0.4, -0.2) is 42.9 Å². The van der Waals surface area contributed by atoms with Crippen molar-refractivity contribution in [1.82, 2.24) is 10.2 Å². The highest BCUT2D eigenvalue weighted by Crippen LogP contribution is 2.28. The van der Waals surface area contributed by atoms with Crippen LogP contribution in [0.3, 0.4) is 0 Å². The first-order valence-electron chi connectivity index (χ1n) is 8.04. The molecule has 0 bridgehead atoms. The van der Waals surface area contributed by atoms with Gasteiger partial charge in [-0.1, -0.05) is 18.2 Å². The number of halogens is 1. The van der Waals surface area contributed by atoms with Crippen LogP contribution in [0.25, 0.3) is 0 Å². The van der Waals surface area contributed by atoms with Gasteiger partial charge in [-0.05, 0) is 63.4 Å². The van der Waals surface area contributed by atoms with Gasteiger partial charge in [0.2, 0.25) is 0 Å². The first-order chi connectivity index (χ1) is 9.90. The van der Waals surface area contributed by atoms with E-state index < -0.39 is 0 Å². The van der Waals surface area contributed by atoms with E-state index >= 15 is 0 Å². The molecule has 0 radical (unpaired) electrons. The lowest BCUT2D eigenvalue weighted by molar-refractivity contribution is 0.207. The third kappa shape index (κ3) is 6.19. The summed E-state index contributed by atoms with van der Waals surface area (Å²) in [6.07, 6.45) is 5.59. The molecule has 1 saturated heterocycles. The van der Waals surface area contributed by atoms with Crippen molar-refractivity contribution in [3.63, 3.8) is 0 Å². The topological polar surface area (TPSA) is 15.3 Å². The van der Waals surface area contributed by atoms with Crippen LogP contribution in [0, 0.1) is 5.92 Å². The van der Waals surface area contributed by atoms with Crippen molar-refractivity contribution in [1.29, 1.82) is 0 Å². The largest absolute Gasteiger partial charge is 0.314 e. The number of benzene rings is 1. The Kier molecular flexibility index (Phi) is 7.38. The second-order valence-corrected chi connectivity index (χ2v) is 7.30. The predicted octanol–water partition coefficient (Wildman–Crippen LogP) is 3.66. The van der Waals surface area contributed by atoms with Crippen LogP contribution >= 0.6 is 24.2 Å². The summed E-state index contributed by atoms with van der Waals surface area (Å²) < 4.78 is 0. The summed E-state index contributed by atoms with van der Waals surface area (Å²) in [5.74, 6) is 2.22. The molecule has 4 heteroatoms. The minimum absolute atomic E-state index is 0. The number of hydrogen-bond acceptors (Lipinski definition) is 3. The Morgan fingerprint density at radius 2 is 1.76 bits per heavy atom. The molecule has 0 aromatic heterocycles. The van der Waals surface area contributed by atoms with Crippen molar-refractivity contribution >= 4 is 24.2 Å². The first kappa shape index (κ1) is 17.1. The molecule has 0 atom stereocenters. The van der Waals surface area contributed by atoms with Crippen LogP contribution < -0.4 is 5.32 Å². The Balaban J connectivity index is 0.00000161. The molecule has 3 rings (SSSR count). The van der Waals surface area contributed by atoms with E-state index in [0.29, 0.717) is 0 Å². The number of nitrogens with zero attached hydrogens (tertiary/aromatic N) is 1. The Morgan fingerprint density at radius 3 is 2.43 bits per heavy atom. The van der Waals surface area contributed by atoms with Gasteiger partial charge in [0, 0.05) is 23.2 Å². The molecule has 118 valence electrons. The van der Waals surface area contributed by atoms with E-state index in [9.17, 15) is 0 Å². The Labute approximate surface area is 139 Å². The highest BCUT2D eigenvalue weighted by Gasteiger charge is 2.24. The molecule has 21 heavy (non-hydrogen) atoms. The highest BCUT2D eigenvalue weighted by atomic mass is 35.5. The predicted molar refractivity (Wildman–Crippen MR) is 94.6 cm³/mol. The second-order valence-electron chi connectivity index (χ2n) is 6.13. The number of nitrogens with one attached hydrogen (secondary N) is 1. The average molecular weight is 327 g/mol. The molecule has 2 fully saturated rings. The number of rotatable bonds is 7. The summed E-state index contributed by atoms with van der Waals surface area (Å²) in [5, 5.41) is 3.75. The molecule has 1 N–H and O–H groups in total. The van der Waals surface area contributed by atoms with Gasteiger partial charge in [-0.25, -0.2) is 0 Å². The van der Waals surface area contributed by atoms with Crippen molar-refractivity contribution in [2.45, 2.75) is 36.6 Å². The normalized spacial score (nSPS) is 20.2. The van der Waals surface area contributed by atoms with Crippen LogP contribution in [0.15, 0.2) is 35.2 Å². The molecule has 1 heterocycles. The molecule has 1 saturated carbocycles. The van der Waals surface area contributed by atoms with Crippen LogP contribution in [0.4, 0.5) is 0 Å². The molecule has 2 aliphatic rings. The average Bonchev–Trinajstić information content (AvgIpc) is 3.32. The van der Waals surface area contributed by atoms with Crippen LogP contribution in [-0.2, 0) is 0 Å². The maximum Gasteiger partial charge on any atom is 0.0108 e. The van der Waals surface area contributed by atoms with E-state index in [1.54, 1.807) is 0 Å². The third-order valence-electron chi connectivity index (χ3n) is 4.40. The number of thioether (sulfide) groups is 1. The molecule has 0 spiro atoms. The van der Waals surface area contributed by atoms with E-state index in [0.717, 1.165) is 12.0 Å². The quantitative estimate of drug-likeness (QED) is 0.770. The Bertz CT molecular complexity index is 389. The summed E-state index contributed by atoms with van der Waals surface area (Å²) in [5.41, 5.74) is 0. The fraction of sp³-hybridized carbons (Fsp3) is 0.647. The van der Waals surface area contributed by atoms with Gasteiger partial charge >= 0.3 is 0 Å². The van der Waals surface area contributed by atoms with Gasteiger partial charge in [0.15, 0.2) is 0 Å². The minimum Gasteiger partial charge on any atom is -0.314 e. The Morgan fingerprint density at radius 1 is 1.05 bits per heavy atom. The maximum atomic E-state index is 3.75. The zero-order valence-corrected chi connectivity index (χ0v) is 14.3. The molecule has 1 aromatic rings. The molecule has 2 nitrogen and oxygen atoms in total. The third-order valence-corrected chi connectivity index (χ3v) is 5.39. The van der Waals surface area contributed by atoms with Gasteiger partial charge in [0.05, 0.1) is 0 Å². The fourth-order valence-corrected chi connectivity index (χ4v) is 3.76. The smallest absolute Gasteiger partial charge is 0.0108 e. The van der Waals surface area contributed by atoms with E-state index in [1.807, 2.05) is 11.8 Å². The van der Waals surface area contributed by atoms with Gasteiger partial charge < -0.3 is 10.2 Å². The minimum atomic E-state index is 0. The van der Waals surface area contributed by atoms with Crippen molar-refractivity contribution in [3.05, 3.63) is 30.3 Å². The van der Waals surface area contributed by atoms with Crippen molar-refractivity contribution < 1.29 is 0 Å². The van der Waals surface area contributed by atoms with Crippen LogP contribution in [0.5, 0.6) is 0 Å². The summed E-state index contributed by atoms with van der Waals surface area (Å²) in [6, 6.07) is 11.5. The molecular weight excluding hydrogens is 300 g/mol. The molecule has 0 unspecified atom stereocenters. The number of piperidine rings is 1. The number of hydrogen-bond donors (Lipinski definition) is 1. The second kappa shape index (κ2) is 9.04. The van der Waals surface area contributed by atoms with Gasteiger partial charge in [0.25, 0.3) is 0 Å². The van der Waals surface area contributed by atoms with E-state index in [2.05, 4.69) is 40.5 Å². The molecule has 0 amide bonds. The molecule has 1 aliphatic carbocycles. The lowest BCUT2D eigenvalue weighted by atomic mass is 10.1. The zero-order valence-electron chi connectivity index (χ0n) is 12.7. The van der Waals surface area contributed by atoms with E-state index in [-0.39, 0.29) is 12.4 Å². The summed E-state index contributed by atoms with van der Waals surface area (Å²) in [6.45, 7) is 5.05. The zero-order chi connectivity index (χ0) is 13.6. The van der Waals surface area contributed by atoms with Gasteiger partial charge in [-0.2, -0.15) is 0 Å². The fourth-order valence-electron chi connectivity index (χ4n) is 2.83. The standard InChI is InChI=1S/C17H26N2S.ClH/c1-2-4-17(5-3-1)20-13-12-19-10-8-16(9-11-19)18-14-15-6-7-15;/h1-5,15-16,18H,6-14H2;1H. The molecule has 1 aliphatic heterocycles. The number of likely N-dealkylation sites (tertiary alicyclic amines) is 1. The summed E-state index contributed by atoms with van der Waals surface area (Å²) in [7, 11) is 0. The van der Waals surface area contributed by atoms with E-state index in [4.69, 9.17) is 0 Å². The lowest BCUT2D eigenvalue weighted by Gasteiger charge is -2.32. The van der Waals surface area contributed by atoms with Crippen molar-refractivity contribution in [2.75, 3.05) is 31.9 Å². The molecular formula is C17H27ClN2S. The van der Waals surface area contributed by atoms with Gasteiger partial charge in [-0.15, -0.1) is 24.2 Å². The van der Waals surface area contributed by atoms with Crippen LogP contribution in [0.2, 0.25) is 0 Å². The van der Waals surface area contributed by atoms with Crippen molar-refractivity contribution in [3.8, 4) is 0 Å². The van der Waals surface area contributed by atoms with Crippen LogP contribution in [0.1, 0.15) is 25.7 Å². The maximum absolute atomic E-state index is 3.75. The Hall–Kier alpha value is -0.220. The van der Waals surface area contributed by atoms with Crippen molar-refractivity contribution in [2.24, 2.45) is 5.92 Å². The lowest BCUT2D eigenvalue weighted by Crippen LogP contribution is -2.43.